The molecule has 5 nitrogen and oxygen atoms in total. The van der Waals surface area contributed by atoms with Crippen LogP contribution in [0.4, 0.5) is 10.1 Å². The van der Waals surface area contributed by atoms with Gasteiger partial charge < -0.3 is 14.4 Å². The van der Waals surface area contributed by atoms with Crippen molar-refractivity contribution in [1.29, 1.82) is 0 Å². The van der Waals surface area contributed by atoms with Crippen LogP contribution in [-0.2, 0) is 14.3 Å². The number of carbonyl (C=O) groups is 2. The van der Waals surface area contributed by atoms with Gasteiger partial charge in [0.15, 0.2) is 17.7 Å². The van der Waals surface area contributed by atoms with Gasteiger partial charge in [-0.3, -0.25) is 4.79 Å². The molecule has 0 saturated carbocycles. The fourth-order valence-electron chi connectivity index (χ4n) is 2.51. The third-order valence-corrected chi connectivity index (χ3v) is 3.88. The molecule has 6 heteroatoms. The van der Waals surface area contributed by atoms with Gasteiger partial charge in [0.05, 0.1) is 7.11 Å². The number of rotatable bonds is 7. The second kappa shape index (κ2) is 9.52. The van der Waals surface area contributed by atoms with E-state index in [-0.39, 0.29) is 11.7 Å². The Morgan fingerprint density at radius 3 is 2.48 bits per heavy atom. The molecular formula is C21H22FNO4. The summed E-state index contributed by atoms with van der Waals surface area (Å²) in [6, 6.07) is 13.5. The Hall–Kier alpha value is -3.15. The van der Waals surface area contributed by atoms with Gasteiger partial charge in [0.25, 0.3) is 5.91 Å². The number of carbonyl (C=O) groups excluding carboxylic acids is 2. The van der Waals surface area contributed by atoms with E-state index in [4.69, 9.17) is 9.47 Å². The van der Waals surface area contributed by atoms with Crippen molar-refractivity contribution >= 4 is 23.6 Å². The van der Waals surface area contributed by atoms with Gasteiger partial charge in [-0.25, -0.2) is 9.18 Å². The first kappa shape index (κ1) is 20.2. The number of esters is 1. The number of para-hydroxylation sites is 1. The predicted molar refractivity (Wildman–Crippen MR) is 102 cm³/mol. The number of hydrogen-bond donors (Lipinski definition) is 0. The number of nitrogens with zero attached hydrogens (tertiary/aromatic N) is 1. The molecule has 0 bridgehead atoms. The molecule has 2 aromatic carbocycles. The summed E-state index contributed by atoms with van der Waals surface area (Å²) < 4.78 is 23.7. The van der Waals surface area contributed by atoms with E-state index in [1.165, 1.54) is 32.2 Å². The molecule has 0 aliphatic rings. The summed E-state index contributed by atoms with van der Waals surface area (Å²) in [6.07, 6.45) is 1.62. The molecule has 0 unspecified atom stereocenters. The number of benzene rings is 2. The molecule has 0 aliphatic heterocycles. The molecular weight excluding hydrogens is 349 g/mol. The van der Waals surface area contributed by atoms with Crippen LogP contribution in [0, 0.1) is 5.82 Å². The van der Waals surface area contributed by atoms with Gasteiger partial charge in [0, 0.05) is 18.3 Å². The highest BCUT2D eigenvalue weighted by Crippen LogP contribution is 2.19. The first-order chi connectivity index (χ1) is 13.0. The smallest absolute Gasteiger partial charge is 0.331 e. The molecule has 0 fully saturated rings. The molecule has 27 heavy (non-hydrogen) atoms. The van der Waals surface area contributed by atoms with E-state index >= 15 is 0 Å². The van der Waals surface area contributed by atoms with Crippen LogP contribution in [0.25, 0.3) is 6.08 Å². The molecule has 142 valence electrons. The average molecular weight is 371 g/mol. The van der Waals surface area contributed by atoms with Gasteiger partial charge in [-0.1, -0.05) is 24.3 Å². The van der Waals surface area contributed by atoms with Crippen molar-refractivity contribution in [2.45, 2.75) is 20.0 Å². The minimum atomic E-state index is -0.949. The molecule has 0 spiro atoms. The Morgan fingerprint density at radius 1 is 1.19 bits per heavy atom. The van der Waals surface area contributed by atoms with Crippen molar-refractivity contribution < 1.29 is 23.5 Å². The molecule has 2 rings (SSSR count). The number of likely N-dealkylation sites (N-methyl/N-ethyl adjacent to an activating group) is 1. The lowest BCUT2D eigenvalue weighted by Gasteiger charge is -2.24. The summed E-state index contributed by atoms with van der Waals surface area (Å²) in [6.45, 7) is 3.82. The normalized spacial score (nSPS) is 11.9. The summed E-state index contributed by atoms with van der Waals surface area (Å²) >= 11 is 0. The summed E-state index contributed by atoms with van der Waals surface area (Å²) in [4.78, 5) is 26.1. The minimum absolute atomic E-state index is 0.120. The van der Waals surface area contributed by atoms with Crippen LogP contribution in [0.15, 0.2) is 54.6 Å². The SMILES string of the molecule is CCN(C(=O)[C@@H](C)OC(=O)/C=C/c1ccc(OC)c(F)c1)c1ccccc1. The number of anilines is 1. The maximum absolute atomic E-state index is 13.7. The van der Waals surface area contributed by atoms with E-state index in [1.807, 2.05) is 37.3 Å². The summed E-state index contributed by atoms with van der Waals surface area (Å²) in [5, 5.41) is 0. The fourth-order valence-corrected chi connectivity index (χ4v) is 2.51. The molecule has 2 aromatic rings. The maximum atomic E-state index is 13.7. The molecule has 0 aliphatic carbocycles. The zero-order chi connectivity index (χ0) is 19.8. The van der Waals surface area contributed by atoms with Crippen molar-refractivity contribution in [3.05, 3.63) is 66.0 Å². The van der Waals surface area contributed by atoms with Gasteiger partial charge in [0.1, 0.15) is 0 Å². The fraction of sp³-hybridized carbons (Fsp3) is 0.238. The van der Waals surface area contributed by atoms with Crippen molar-refractivity contribution in [2.75, 3.05) is 18.6 Å². The quantitative estimate of drug-likeness (QED) is 0.548. The predicted octanol–water partition coefficient (Wildman–Crippen LogP) is 3.83. The highest BCUT2D eigenvalue weighted by atomic mass is 19.1. The Balaban J connectivity index is 1.99. The van der Waals surface area contributed by atoms with E-state index < -0.39 is 17.9 Å². The maximum Gasteiger partial charge on any atom is 0.331 e. The average Bonchev–Trinajstić information content (AvgIpc) is 2.67. The van der Waals surface area contributed by atoms with Gasteiger partial charge in [-0.2, -0.15) is 0 Å². The second-order valence-corrected chi connectivity index (χ2v) is 5.72. The number of ether oxygens (including phenoxy) is 2. The third kappa shape index (κ3) is 5.41. The molecule has 0 radical (unpaired) electrons. The lowest BCUT2D eigenvalue weighted by atomic mass is 10.2. The van der Waals surface area contributed by atoms with Crippen LogP contribution in [0.1, 0.15) is 19.4 Å². The molecule has 0 saturated heterocycles. The Bertz CT molecular complexity index is 820. The van der Waals surface area contributed by atoms with Crippen LogP contribution in [0.2, 0.25) is 0 Å². The number of amides is 1. The summed E-state index contributed by atoms with van der Waals surface area (Å²) in [5.41, 5.74) is 1.21. The first-order valence-corrected chi connectivity index (χ1v) is 8.55. The van der Waals surface area contributed by atoms with Gasteiger partial charge in [-0.15, -0.1) is 0 Å². The van der Waals surface area contributed by atoms with Crippen molar-refractivity contribution in [3.63, 3.8) is 0 Å². The monoisotopic (exact) mass is 371 g/mol. The van der Waals surface area contributed by atoms with Crippen molar-refractivity contribution in [2.24, 2.45) is 0 Å². The largest absolute Gasteiger partial charge is 0.494 e. The van der Waals surface area contributed by atoms with E-state index in [0.717, 1.165) is 11.8 Å². The van der Waals surface area contributed by atoms with E-state index in [2.05, 4.69) is 0 Å². The van der Waals surface area contributed by atoms with Crippen LogP contribution in [0.3, 0.4) is 0 Å². The van der Waals surface area contributed by atoms with Crippen molar-refractivity contribution in [1.82, 2.24) is 0 Å². The topological polar surface area (TPSA) is 55.8 Å². The number of hydrogen-bond acceptors (Lipinski definition) is 4. The second-order valence-electron chi connectivity index (χ2n) is 5.72. The zero-order valence-electron chi connectivity index (χ0n) is 15.5. The minimum Gasteiger partial charge on any atom is -0.494 e. The van der Waals surface area contributed by atoms with Gasteiger partial charge in [0.2, 0.25) is 0 Å². The molecule has 1 amide bonds. The van der Waals surface area contributed by atoms with Gasteiger partial charge >= 0.3 is 5.97 Å². The Morgan fingerprint density at radius 2 is 1.89 bits per heavy atom. The Labute approximate surface area is 158 Å². The summed E-state index contributed by atoms with van der Waals surface area (Å²) in [7, 11) is 1.37. The highest BCUT2D eigenvalue weighted by molar-refractivity contribution is 5.98. The Kier molecular flexibility index (Phi) is 7.11. The highest BCUT2D eigenvalue weighted by Gasteiger charge is 2.23. The van der Waals surface area contributed by atoms with Gasteiger partial charge in [-0.05, 0) is 49.8 Å². The number of halogens is 1. The molecule has 0 N–H and O–H groups in total. The molecule has 1 atom stereocenters. The molecule has 0 aromatic heterocycles. The first-order valence-electron chi connectivity index (χ1n) is 8.55. The zero-order valence-corrected chi connectivity index (χ0v) is 15.5. The van der Waals surface area contributed by atoms with Crippen LogP contribution in [0.5, 0.6) is 5.75 Å². The summed E-state index contributed by atoms with van der Waals surface area (Å²) in [5.74, 6) is -1.41. The van der Waals surface area contributed by atoms with Crippen LogP contribution in [-0.4, -0.2) is 31.6 Å². The number of methoxy groups -OCH3 is 1. The van der Waals surface area contributed by atoms with Crippen LogP contribution < -0.4 is 9.64 Å². The molecule has 0 heterocycles. The van der Waals surface area contributed by atoms with Crippen molar-refractivity contribution in [3.8, 4) is 5.75 Å². The van der Waals surface area contributed by atoms with Crippen LogP contribution >= 0.6 is 0 Å². The van der Waals surface area contributed by atoms with E-state index in [9.17, 15) is 14.0 Å². The van der Waals surface area contributed by atoms with E-state index in [0.29, 0.717) is 12.1 Å². The lowest BCUT2D eigenvalue weighted by molar-refractivity contribution is -0.149. The third-order valence-electron chi connectivity index (χ3n) is 3.88. The van der Waals surface area contributed by atoms with E-state index in [1.54, 1.807) is 11.0 Å². The standard InChI is InChI=1S/C21H22FNO4/c1-4-23(17-8-6-5-7-9-17)21(25)15(2)27-20(24)13-11-16-10-12-19(26-3)18(22)14-16/h5-15H,4H2,1-3H3/b13-11+/t15-/m1/s1. The lowest BCUT2D eigenvalue weighted by Crippen LogP contribution is -2.39.